The van der Waals surface area contributed by atoms with Crippen molar-refractivity contribution in [1.82, 2.24) is 10.2 Å². The van der Waals surface area contributed by atoms with E-state index in [9.17, 15) is 0 Å². The molecule has 2 nitrogen and oxygen atoms in total. The first-order valence-electron chi connectivity index (χ1n) is 5.25. The number of nitrogens with zero attached hydrogens (tertiary/aromatic N) is 1. The van der Waals surface area contributed by atoms with E-state index in [-0.39, 0.29) is 12.4 Å². The topological polar surface area (TPSA) is 15.3 Å². The van der Waals surface area contributed by atoms with Crippen molar-refractivity contribution in [3.63, 3.8) is 0 Å². The molecule has 1 fully saturated rings. The predicted molar refractivity (Wildman–Crippen MR) is 68.9 cm³/mol. The lowest BCUT2D eigenvalue weighted by Crippen LogP contribution is -2.53. The van der Waals surface area contributed by atoms with Crippen molar-refractivity contribution in [2.45, 2.75) is 32.5 Å². The average Bonchev–Trinajstić information content (AvgIpc) is 2.64. The molecule has 86 valence electrons. The second-order valence-corrected chi connectivity index (χ2v) is 5.20. The van der Waals surface area contributed by atoms with E-state index in [1.54, 1.807) is 0 Å². The third-order valence-corrected chi connectivity index (χ3v) is 3.69. The molecule has 0 bridgehead atoms. The summed E-state index contributed by atoms with van der Waals surface area (Å²) in [7, 11) is 0. The van der Waals surface area contributed by atoms with Crippen LogP contribution < -0.4 is 5.32 Å². The zero-order valence-electron chi connectivity index (χ0n) is 9.27. The third kappa shape index (κ3) is 3.45. The Hall–Kier alpha value is -0.0900. The Morgan fingerprint density at radius 3 is 3.00 bits per heavy atom. The van der Waals surface area contributed by atoms with E-state index >= 15 is 0 Å². The summed E-state index contributed by atoms with van der Waals surface area (Å²) in [5.74, 6) is 0. The number of rotatable bonds is 2. The van der Waals surface area contributed by atoms with Gasteiger partial charge in [-0.15, -0.1) is 23.7 Å². The maximum atomic E-state index is 3.50. The summed E-state index contributed by atoms with van der Waals surface area (Å²) in [4.78, 5) is 4.04. The van der Waals surface area contributed by atoms with Crippen molar-refractivity contribution >= 4 is 23.7 Å². The first-order valence-corrected chi connectivity index (χ1v) is 6.13. The molecule has 1 aliphatic rings. The van der Waals surface area contributed by atoms with Crippen LogP contribution in [0.5, 0.6) is 0 Å². The summed E-state index contributed by atoms with van der Waals surface area (Å²) in [5.41, 5.74) is 0. The molecule has 2 atom stereocenters. The van der Waals surface area contributed by atoms with E-state index in [1.165, 1.54) is 11.4 Å². The highest BCUT2D eigenvalue weighted by Crippen LogP contribution is 2.15. The van der Waals surface area contributed by atoms with Gasteiger partial charge in [-0.25, -0.2) is 0 Å². The molecule has 1 aromatic rings. The molecular weight excluding hydrogens is 228 g/mol. The lowest BCUT2D eigenvalue weighted by atomic mass is 10.1. The second-order valence-electron chi connectivity index (χ2n) is 4.17. The third-order valence-electron chi connectivity index (χ3n) is 2.83. The minimum absolute atomic E-state index is 0. The van der Waals surface area contributed by atoms with Crippen molar-refractivity contribution < 1.29 is 0 Å². The van der Waals surface area contributed by atoms with Crippen molar-refractivity contribution in [2.75, 3.05) is 13.1 Å². The highest BCUT2D eigenvalue weighted by atomic mass is 35.5. The fraction of sp³-hybridized carbons (Fsp3) is 0.636. The van der Waals surface area contributed by atoms with Crippen LogP contribution in [0.4, 0.5) is 0 Å². The summed E-state index contributed by atoms with van der Waals surface area (Å²) in [6, 6.07) is 5.65. The van der Waals surface area contributed by atoms with Crippen molar-refractivity contribution in [2.24, 2.45) is 0 Å². The van der Waals surface area contributed by atoms with Crippen LogP contribution >= 0.6 is 23.7 Å². The summed E-state index contributed by atoms with van der Waals surface area (Å²) in [6.45, 7) is 7.95. The van der Waals surface area contributed by atoms with Gasteiger partial charge in [-0.1, -0.05) is 6.07 Å². The molecule has 2 heterocycles. The van der Waals surface area contributed by atoms with Crippen LogP contribution in [0.15, 0.2) is 17.5 Å². The van der Waals surface area contributed by atoms with Gasteiger partial charge in [0.15, 0.2) is 0 Å². The Kier molecular flexibility index (Phi) is 5.06. The normalized spacial score (nSPS) is 27.3. The summed E-state index contributed by atoms with van der Waals surface area (Å²) in [6.07, 6.45) is 0. The molecule has 1 saturated heterocycles. The van der Waals surface area contributed by atoms with Crippen LogP contribution in [0, 0.1) is 0 Å². The fourth-order valence-electron chi connectivity index (χ4n) is 1.92. The van der Waals surface area contributed by atoms with E-state index in [4.69, 9.17) is 0 Å². The molecule has 2 rings (SSSR count). The molecule has 0 saturated carbocycles. The molecule has 1 aromatic heterocycles. The summed E-state index contributed by atoms with van der Waals surface area (Å²) in [5, 5.41) is 5.66. The highest BCUT2D eigenvalue weighted by Gasteiger charge is 2.22. The van der Waals surface area contributed by atoms with Crippen LogP contribution in [0.3, 0.4) is 0 Å². The van der Waals surface area contributed by atoms with Crippen molar-refractivity contribution in [3.8, 4) is 0 Å². The number of thiophene rings is 1. The molecule has 0 amide bonds. The monoisotopic (exact) mass is 246 g/mol. The van der Waals surface area contributed by atoms with E-state index < -0.39 is 0 Å². The Labute approximate surface area is 102 Å². The Balaban J connectivity index is 0.00000112. The molecule has 4 heteroatoms. The Morgan fingerprint density at radius 2 is 2.33 bits per heavy atom. The van der Waals surface area contributed by atoms with Gasteiger partial charge in [-0.05, 0) is 25.3 Å². The predicted octanol–water partition coefficient (Wildman–Crippen LogP) is 2.35. The fourth-order valence-corrected chi connectivity index (χ4v) is 2.65. The van der Waals surface area contributed by atoms with Gasteiger partial charge in [0.25, 0.3) is 0 Å². The molecule has 0 aliphatic carbocycles. The van der Waals surface area contributed by atoms with Crippen LogP contribution in [-0.4, -0.2) is 30.1 Å². The number of hydrogen-bond donors (Lipinski definition) is 1. The maximum Gasteiger partial charge on any atom is 0.0331 e. The lowest BCUT2D eigenvalue weighted by Gasteiger charge is -2.37. The largest absolute Gasteiger partial charge is 0.311 e. The molecule has 0 aromatic carbocycles. The highest BCUT2D eigenvalue weighted by molar-refractivity contribution is 7.09. The van der Waals surface area contributed by atoms with Crippen LogP contribution in [0.25, 0.3) is 0 Å². The molecule has 2 unspecified atom stereocenters. The van der Waals surface area contributed by atoms with Gasteiger partial charge in [0.1, 0.15) is 0 Å². The lowest BCUT2D eigenvalue weighted by molar-refractivity contribution is 0.140. The molecule has 1 aliphatic heterocycles. The van der Waals surface area contributed by atoms with Gasteiger partial charge in [-0.3, -0.25) is 4.90 Å². The average molecular weight is 247 g/mol. The molecule has 0 spiro atoms. The van der Waals surface area contributed by atoms with Crippen LogP contribution in [0.2, 0.25) is 0 Å². The smallest absolute Gasteiger partial charge is 0.0331 e. The number of piperazine rings is 1. The van der Waals surface area contributed by atoms with Gasteiger partial charge < -0.3 is 5.32 Å². The standard InChI is InChI=1S/C11H18N2S.ClH/c1-9-7-13(10(2)6-12-9)8-11-4-3-5-14-11;/h3-5,9-10,12H,6-8H2,1-2H3;1H. The van der Waals surface area contributed by atoms with E-state index in [1.807, 2.05) is 11.3 Å². The van der Waals surface area contributed by atoms with Gasteiger partial charge in [0.2, 0.25) is 0 Å². The Bertz CT molecular complexity index is 276. The van der Waals surface area contributed by atoms with Crippen molar-refractivity contribution in [3.05, 3.63) is 22.4 Å². The zero-order valence-corrected chi connectivity index (χ0v) is 10.9. The number of nitrogens with one attached hydrogen (secondary N) is 1. The Morgan fingerprint density at radius 1 is 1.53 bits per heavy atom. The maximum absolute atomic E-state index is 3.50. The quantitative estimate of drug-likeness (QED) is 0.862. The zero-order chi connectivity index (χ0) is 9.97. The molecular formula is C11H19ClN2S. The van der Waals surface area contributed by atoms with E-state index in [2.05, 4.69) is 41.6 Å². The molecule has 1 N–H and O–H groups in total. The minimum atomic E-state index is 0. The summed E-state index contributed by atoms with van der Waals surface area (Å²) >= 11 is 1.86. The van der Waals surface area contributed by atoms with Crippen LogP contribution in [0.1, 0.15) is 18.7 Å². The number of hydrogen-bond acceptors (Lipinski definition) is 3. The number of halogens is 1. The van der Waals surface area contributed by atoms with Crippen LogP contribution in [-0.2, 0) is 6.54 Å². The van der Waals surface area contributed by atoms with Gasteiger partial charge in [0.05, 0.1) is 0 Å². The molecule has 15 heavy (non-hydrogen) atoms. The second kappa shape index (κ2) is 5.85. The van der Waals surface area contributed by atoms with Gasteiger partial charge >= 0.3 is 0 Å². The first kappa shape index (κ1) is 13.0. The molecule has 0 radical (unpaired) electrons. The van der Waals surface area contributed by atoms with E-state index in [0.717, 1.165) is 13.1 Å². The van der Waals surface area contributed by atoms with Gasteiger partial charge in [0, 0.05) is 36.6 Å². The summed E-state index contributed by atoms with van der Waals surface area (Å²) < 4.78 is 0. The minimum Gasteiger partial charge on any atom is -0.311 e. The van der Waals surface area contributed by atoms with E-state index in [0.29, 0.717) is 12.1 Å². The van der Waals surface area contributed by atoms with Gasteiger partial charge in [-0.2, -0.15) is 0 Å². The SMILES string of the molecule is CC1CN(Cc2cccs2)C(C)CN1.Cl. The van der Waals surface area contributed by atoms with Crippen molar-refractivity contribution in [1.29, 1.82) is 0 Å². The first-order chi connectivity index (χ1) is 6.75.